The van der Waals surface area contributed by atoms with Gasteiger partial charge in [0.25, 0.3) is 0 Å². The van der Waals surface area contributed by atoms with Gasteiger partial charge in [0.2, 0.25) is 11.9 Å². The molecule has 3 aromatic rings. The van der Waals surface area contributed by atoms with E-state index in [-0.39, 0.29) is 5.91 Å². The van der Waals surface area contributed by atoms with E-state index < -0.39 is 5.54 Å². The van der Waals surface area contributed by atoms with Crippen molar-refractivity contribution in [2.45, 2.75) is 12.0 Å². The molecule has 30 heavy (non-hydrogen) atoms. The van der Waals surface area contributed by atoms with Gasteiger partial charge < -0.3 is 20.3 Å². The molecule has 2 fully saturated rings. The topological polar surface area (TPSA) is 79.4 Å². The fourth-order valence-electron chi connectivity index (χ4n) is 4.25. The molecule has 7 heteroatoms. The van der Waals surface area contributed by atoms with Gasteiger partial charge in [0, 0.05) is 31.4 Å². The average Bonchev–Trinajstić information content (AvgIpc) is 3.28. The Morgan fingerprint density at radius 1 is 1.10 bits per heavy atom. The molecule has 2 N–H and O–H groups in total. The van der Waals surface area contributed by atoms with E-state index in [1.54, 1.807) is 6.20 Å². The predicted octanol–water partition coefficient (Wildman–Crippen LogP) is 2.30. The van der Waals surface area contributed by atoms with E-state index in [1.807, 2.05) is 23.1 Å². The van der Waals surface area contributed by atoms with Crippen molar-refractivity contribution in [2.75, 3.05) is 44.7 Å². The van der Waals surface area contributed by atoms with Gasteiger partial charge in [-0.1, -0.05) is 36.4 Å². The van der Waals surface area contributed by atoms with E-state index in [9.17, 15) is 4.79 Å². The number of rotatable bonds is 4. The van der Waals surface area contributed by atoms with Crippen molar-refractivity contribution in [1.82, 2.24) is 20.2 Å². The highest BCUT2D eigenvalue weighted by Crippen LogP contribution is 2.26. The minimum absolute atomic E-state index is 0.0931. The Morgan fingerprint density at radius 2 is 1.93 bits per heavy atom. The summed E-state index contributed by atoms with van der Waals surface area (Å²) in [6, 6.07) is 16.5. The molecule has 154 valence electrons. The Morgan fingerprint density at radius 3 is 2.73 bits per heavy atom. The zero-order valence-electron chi connectivity index (χ0n) is 16.8. The number of carbonyl (C=O) groups is 1. The van der Waals surface area contributed by atoms with Gasteiger partial charge in [-0.3, -0.25) is 4.79 Å². The third-order valence-corrected chi connectivity index (χ3v) is 5.91. The van der Waals surface area contributed by atoms with Gasteiger partial charge in [-0.25, -0.2) is 9.97 Å². The number of hydrogen-bond donors (Lipinski definition) is 2. The summed E-state index contributed by atoms with van der Waals surface area (Å²) in [6.45, 7) is 3.77. The van der Waals surface area contributed by atoms with Gasteiger partial charge in [-0.15, -0.1) is 0 Å². The van der Waals surface area contributed by atoms with Crippen LogP contribution in [0.3, 0.4) is 0 Å². The van der Waals surface area contributed by atoms with Crippen LogP contribution < -0.4 is 10.6 Å². The van der Waals surface area contributed by atoms with E-state index in [4.69, 9.17) is 9.72 Å². The van der Waals surface area contributed by atoms with Crippen molar-refractivity contribution in [3.8, 4) is 11.3 Å². The fourth-order valence-corrected chi connectivity index (χ4v) is 4.25. The lowest BCUT2D eigenvalue weighted by Crippen LogP contribution is -2.57. The second-order valence-electron chi connectivity index (χ2n) is 7.87. The van der Waals surface area contributed by atoms with E-state index in [0.717, 1.165) is 17.8 Å². The normalized spacial score (nSPS) is 21.7. The van der Waals surface area contributed by atoms with Crippen LogP contribution in [0.5, 0.6) is 0 Å². The maximum absolute atomic E-state index is 13.3. The number of ether oxygens (including phenoxy) is 1. The molecule has 2 saturated heterocycles. The highest BCUT2D eigenvalue weighted by molar-refractivity contribution is 5.90. The summed E-state index contributed by atoms with van der Waals surface area (Å²) in [5, 5.41) is 9.07. The van der Waals surface area contributed by atoms with Crippen molar-refractivity contribution in [3.63, 3.8) is 0 Å². The Balaban J connectivity index is 1.43. The molecule has 2 aliphatic rings. The van der Waals surface area contributed by atoms with Gasteiger partial charge >= 0.3 is 0 Å². The summed E-state index contributed by atoms with van der Waals surface area (Å²) in [6.07, 6.45) is 2.45. The van der Waals surface area contributed by atoms with Gasteiger partial charge in [0.1, 0.15) is 5.54 Å². The number of nitrogens with zero attached hydrogens (tertiary/aromatic N) is 3. The Kier molecular flexibility index (Phi) is 5.06. The smallest absolute Gasteiger partial charge is 0.249 e. The quantitative estimate of drug-likeness (QED) is 0.696. The van der Waals surface area contributed by atoms with Gasteiger partial charge in [-0.05, 0) is 35.9 Å². The predicted molar refractivity (Wildman–Crippen MR) is 116 cm³/mol. The first-order chi connectivity index (χ1) is 14.7. The minimum atomic E-state index is -0.723. The van der Waals surface area contributed by atoms with Crippen LogP contribution >= 0.6 is 0 Å². The highest BCUT2D eigenvalue weighted by Gasteiger charge is 2.44. The van der Waals surface area contributed by atoms with Crippen LogP contribution in [0.15, 0.2) is 54.7 Å². The van der Waals surface area contributed by atoms with E-state index in [0.29, 0.717) is 45.2 Å². The molecular formula is C23H25N5O2. The largest absolute Gasteiger partial charge is 0.378 e. The summed E-state index contributed by atoms with van der Waals surface area (Å²) in [7, 11) is 0. The summed E-state index contributed by atoms with van der Waals surface area (Å²) in [4.78, 5) is 24.4. The lowest BCUT2D eigenvalue weighted by atomic mass is 9.96. The van der Waals surface area contributed by atoms with E-state index >= 15 is 0 Å². The summed E-state index contributed by atoms with van der Waals surface area (Å²) in [5.41, 5.74) is 1.13. The first kappa shape index (κ1) is 19.0. The molecule has 0 spiro atoms. The molecule has 1 atom stereocenters. The number of aromatic nitrogens is 2. The van der Waals surface area contributed by atoms with Crippen LogP contribution in [-0.2, 0) is 9.53 Å². The van der Waals surface area contributed by atoms with Crippen LogP contribution in [-0.4, -0.2) is 65.7 Å². The molecule has 0 radical (unpaired) electrons. The van der Waals surface area contributed by atoms with Crippen molar-refractivity contribution >= 4 is 22.6 Å². The Labute approximate surface area is 175 Å². The number of amides is 1. The molecule has 0 unspecified atom stereocenters. The van der Waals surface area contributed by atoms with Gasteiger partial charge in [-0.2, -0.15) is 0 Å². The first-order valence-electron chi connectivity index (χ1n) is 10.4. The maximum atomic E-state index is 13.3. The number of nitrogens with one attached hydrogen (secondary N) is 2. The first-order valence-corrected chi connectivity index (χ1v) is 10.4. The van der Waals surface area contributed by atoms with Crippen LogP contribution in [0.2, 0.25) is 0 Å². The van der Waals surface area contributed by atoms with Crippen molar-refractivity contribution in [2.24, 2.45) is 0 Å². The molecule has 0 aliphatic carbocycles. The number of carbonyl (C=O) groups excluding carboxylic acids is 1. The molecule has 5 rings (SSSR count). The summed E-state index contributed by atoms with van der Waals surface area (Å²) >= 11 is 0. The van der Waals surface area contributed by atoms with Crippen LogP contribution in [0.25, 0.3) is 22.0 Å². The number of morpholine rings is 1. The monoisotopic (exact) mass is 403 g/mol. The Hall–Kier alpha value is -3.03. The van der Waals surface area contributed by atoms with Crippen LogP contribution in [0.4, 0.5) is 5.95 Å². The number of anilines is 1. The number of fused-ring (bicyclic) bond motifs is 1. The van der Waals surface area contributed by atoms with Gasteiger partial charge in [0.15, 0.2) is 0 Å². The number of hydrogen-bond acceptors (Lipinski definition) is 6. The SMILES string of the molecule is O=C(N1CCOCC1)[C@@]1(Nc2nccc(-c3ccc4ccccc4c3)n2)CCNC1. The molecule has 1 amide bonds. The van der Waals surface area contributed by atoms with Crippen LogP contribution in [0.1, 0.15) is 6.42 Å². The second kappa shape index (κ2) is 8.01. The molecule has 3 heterocycles. The summed E-state index contributed by atoms with van der Waals surface area (Å²) < 4.78 is 5.40. The van der Waals surface area contributed by atoms with E-state index in [1.165, 1.54) is 10.8 Å². The molecular weight excluding hydrogens is 378 g/mol. The maximum Gasteiger partial charge on any atom is 0.249 e. The lowest BCUT2D eigenvalue weighted by molar-refractivity contribution is -0.139. The molecule has 7 nitrogen and oxygen atoms in total. The fraction of sp³-hybridized carbons (Fsp3) is 0.348. The lowest BCUT2D eigenvalue weighted by Gasteiger charge is -2.36. The summed E-state index contributed by atoms with van der Waals surface area (Å²) in [5.74, 6) is 0.571. The van der Waals surface area contributed by atoms with Crippen LogP contribution in [0, 0.1) is 0 Å². The highest BCUT2D eigenvalue weighted by atomic mass is 16.5. The molecule has 1 aromatic heterocycles. The third-order valence-electron chi connectivity index (χ3n) is 5.91. The standard InChI is InChI=1S/C23H25N5O2/c29-21(28-11-13-30-14-12-28)23(8-10-24-16-23)27-22-25-9-7-20(26-22)19-6-5-17-3-1-2-4-18(17)15-19/h1-7,9,15,24H,8,10-14,16H2,(H,25,26,27)/t23-/m1/s1. The molecule has 2 aliphatic heterocycles. The molecule has 0 saturated carbocycles. The zero-order valence-corrected chi connectivity index (χ0v) is 16.8. The van der Waals surface area contributed by atoms with Crippen molar-refractivity contribution < 1.29 is 9.53 Å². The number of benzene rings is 2. The average molecular weight is 403 g/mol. The minimum Gasteiger partial charge on any atom is -0.378 e. The van der Waals surface area contributed by atoms with Gasteiger partial charge in [0.05, 0.1) is 18.9 Å². The Bertz CT molecular complexity index is 1060. The third kappa shape index (κ3) is 3.62. The molecule has 2 aromatic carbocycles. The zero-order chi connectivity index (χ0) is 20.4. The second-order valence-corrected chi connectivity index (χ2v) is 7.87. The van der Waals surface area contributed by atoms with Crippen molar-refractivity contribution in [3.05, 3.63) is 54.7 Å². The molecule has 0 bridgehead atoms. The van der Waals surface area contributed by atoms with Crippen molar-refractivity contribution in [1.29, 1.82) is 0 Å². The van der Waals surface area contributed by atoms with E-state index in [2.05, 4.69) is 45.9 Å².